The predicted octanol–water partition coefficient (Wildman–Crippen LogP) is 5.81. The highest BCUT2D eigenvalue weighted by Gasteiger charge is 2.37. The first kappa shape index (κ1) is 32.0. The summed E-state index contributed by atoms with van der Waals surface area (Å²) in [6.45, 7) is 4.75. The summed E-state index contributed by atoms with van der Waals surface area (Å²) in [6, 6.07) is 16.0. The Bertz CT molecular complexity index is 1470. The summed E-state index contributed by atoms with van der Waals surface area (Å²) in [7, 11) is -4.52. The molecule has 0 spiro atoms. The van der Waals surface area contributed by atoms with Crippen molar-refractivity contribution < 1.29 is 31.2 Å². The second-order valence-electron chi connectivity index (χ2n) is 9.31. The lowest BCUT2D eigenvalue weighted by Crippen LogP contribution is -2.52. The van der Waals surface area contributed by atoms with Gasteiger partial charge in [0.2, 0.25) is 11.8 Å². The zero-order valence-corrected chi connectivity index (χ0v) is 24.4. The minimum Gasteiger partial charge on any atom is -0.355 e. The van der Waals surface area contributed by atoms with Gasteiger partial charge in [0, 0.05) is 13.1 Å². The van der Waals surface area contributed by atoms with Crippen LogP contribution in [0.25, 0.3) is 0 Å². The van der Waals surface area contributed by atoms with Crippen LogP contribution in [0.15, 0.2) is 77.7 Å². The van der Waals surface area contributed by atoms with Gasteiger partial charge >= 0.3 is 6.18 Å². The van der Waals surface area contributed by atoms with E-state index in [1.165, 1.54) is 29.2 Å². The molecule has 3 aromatic rings. The third kappa shape index (κ3) is 7.80. The molecule has 0 heterocycles. The van der Waals surface area contributed by atoms with Crippen LogP contribution in [-0.2, 0) is 32.3 Å². The van der Waals surface area contributed by atoms with Gasteiger partial charge in [0.25, 0.3) is 10.0 Å². The predicted molar refractivity (Wildman–Crippen MR) is 152 cm³/mol. The molecule has 7 nitrogen and oxygen atoms in total. The van der Waals surface area contributed by atoms with Gasteiger partial charge in [0.1, 0.15) is 12.6 Å². The molecule has 0 bridgehead atoms. The number of nitrogens with one attached hydrogen (secondary N) is 1. The first-order chi connectivity index (χ1) is 19.3. The Morgan fingerprint density at radius 3 is 2.17 bits per heavy atom. The van der Waals surface area contributed by atoms with Crippen LogP contribution in [0.1, 0.15) is 37.0 Å². The molecule has 41 heavy (non-hydrogen) atoms. The van der Waals surface area contributed by atoms with Crippen LogP contribution in [-0.4, -0.2) is 44.3 Å². The normalized spacial score (nSPS) is 12.5. The van der Waals surface area contributed by atoms with Crippen molar-refractivity contribution in [3.05, 3.63) is 94.5 Å². The number of aryl methyl sites for hydroxylation is 1. The fourth-order valence-electron chi connectivity index (χ4n) is 4.24. The summed E-state index contributed by atoms with van der Waals surface area (Å²) in [6.07, 6.45) is -4.66. The number of hydrogen-bond acceptors (Lipinski definition) is 4. The van der Waals surface area contributed by atoms with Crippen LogP contribution in [0.4, 0.5) is 18.9 Å². The molecule has 0 aliphatic heterocycles. The number of anilines is 1. The van der Waals surface area contributed by atoms with Gasteiger partial charge in [-0.25, -0.2) is 8.42 Å². The highest BCUT2D eigenvalue weighted by atomic mass is 35.5. The number of hydrogen-bond donors (Lipinski definition) is 1. The highest BCUT2D eigenvalue weighted by Crippen LogP contribution is 2.38. The molecule has 0 aliphatic carbocycles. The maximum absolute atomic E-state index is 13.9. The van der Waals surface area contributed by atoms with E-state index in [0.717, 1.165) is 17.7 Å². The number of nitrogens with zero attached hydrogens (tertiary/aromatic N) is 2. The summed E-state index contributed by atoms with van der Waals surface area (Å²) in [4.78, 5) is 27.9. The number of benzene rings is 3. The molecule has 3 aromatic carbocycles. The van der Waals surface area contributed by atoms with Crippen LogP contribution in [0.3, 0.4) is 0 Å². The van der Waals surface area contributed by atoms with Gasteiger partial charge in [-0.15, -0.1) is 0 Å². The smallest absolute Gasteiger partial charge is 0.355 e. The Kier molecular flexibility index (Phi) is 10.4. The molecular formula is C29H31ClF3N3O4S. The van der Waals surface area contributed by atoms with Crippen LogP contribution < -0.4 is 9.62 Å². The van der Waals surface area contributed by atoms with Gasteiger partial charge < -0.3 is 10.2 Å². The molecule has 0 unspecified atom stereocenters. The average Bonchev–Trinajstić information content (AvgIpc) is 2.93. The lowest BCUT2D eigenvalue weighted by atomic mass is 10.1. The fourth-order valence-corrected chi connectivity index (χ4v) is 5.89. The van der Waals surface area contributed by atoms with Crippen molar-refractivity contribution in [3.63, 3.8) is 0 Å². The van der Waals surface area contributed by atoms with E-state index in [-0.39, 0.29) is 17.9 Å². The molecular weight excluding hydrogens is 579 g/mol. The van der Waals surface area contributed by atoms with E-state index >= 15 is 0 Å². The topological polar surface area (TPSA) is 86.8 Å². The molecule has 0 aromatic heterocycles. The second kappa shape index (κ2) is 13.4. The van der Waals surface area contributed by atoms with Crippen LogP contribution in [0.2, 0.25) is 5.02 Å². The molecule has 0 radical (unpaired) electrons. The largest absolute Gasteiger partial charge is 0.417 e. The number of carbonyl (C=O) groups excluding carboxylic acids is 2. The SMILES string of the molecule is CCNC(=O)[C@@H](CC)N(Cc1ccc(C)cc1)C(=O)CN(c1ccc(Cl)c(C(F)(F)F)c1)S(=O)(=O)c1ccccc1. The summed E-state index contributed by atoms with van der Waals surface area (Å²) in [5, 5.41) is 2.08. The van der Waals surface area contributed by atoms with E-state index in [1.54, 1.807) is 32.0 Å². The monoisotopic (exact) mass is 609 g/mol. The maximum Gasteiger partial charge on any atom is 0.417 e. The number of rotatable bonds is 11. The van der Waals surface area contributed by atoms with E-state index in [2.05, 4.69) is 5.32 Å². The molecule has 0 aliphatic rings. The Labute approximate surface area is 243 Å². The second-order valence-corrected chi connectivity index (χ2v) is 11.6. The van der Waals surface area contributed by atoms with Crippen LogP contribution >= 0.6 is 11.6 Å². The van der Waals surface area contributed by atoms with E-state index in [1.807, 2.05) is 19.1 Å². The quantitative estimate of drug-likeness (QED) is 0.297. The minimum absolute atomic E-state index is 0.0254. The van der Waals surface area contributed by atoms with Gasteiger partial charge in [0.05, 0.1) is 21.2 Å². The van der Waals surface area contributed by atoms with Gasteiger partial charge in [0.15, 0.2) is 0 Å². The van der Waals surface area contributed by atoms with E-state index < -0.39 is 56.9 Å². The van der Waals surface area contributed by atoms with Gasteiger partial charge in [-0.1, -0.05) is 66.6 Å². The van der Waals surface area contributed by atoms with E-state index in [0.29, 0.717) is 22.5 Å². The van der Waals surface area contributed by atoms with Crippen molar-refractivity contribution in [2.45, 2.75) is 50.9 Å². The fraction of sp³-hybridized carbons (Fsp3) is 0.310. The zero-order valence-electron chi connectivity index (χ0n) is 22.8. The molecule has 0 fully saturated rings. The van der Waals surface area contributed by atoms with Crippen molar-refractivity contribution in [2.24, 2.45) is 0 Å². The lowest BCUT2D eigenvalue weighted by Gasteiger charge is -2.33. The average molecular weight is 610 g/mol. The van der Waals surface area contributed by atoms with Crippen LogP contribution in [0.5, 0.6) is 0 Å². The zero-order chi connectivity index (χ0) is 30.4. The highest BCUT2D eigenvalue weighted by molar-refractivity contribution is 7.92. The van der Waals surface area contributed by atoms with E-state index in [9.17, 15) is 31.2 Å². The first-order valence-electron chi connectivity index (χ1n) is 12.9. The molecule has 0 saturated heterocycles. The van der Waals surface area contributed by atoms with Gasteiger partial charge in [-0.3, -0.25) is 13.9 Å². The lowest BCUT2D eigenvalue weighted by molar-refractivity contribution is -0.140. The number of likely N-dealkylation sites (N-methyl/N-ethyl adjacent to an activating group) is 1. The van der Waals surface area contributed by atoms with Crippen molar-refractivity contribution in [2.75, 3.05) is 17.4 Å². The third-order valence-electron chi connectivity index (χ3n) is 6.36. The number of halogens is 4. The summed E-state index contributed by atoms with van der Waals surface area (Å²) >= 11 is 5.79. The summed E-state index contributed by atoms with van der Waals surface area (Å²) in [5.74, 6) is -1.20. The molecule has 1 atom stereocenters. The number of amides is 2. The van der Waals surface area contributed by atoms with Gasteiger partial charge in [-0.05, 0) is 56.2 Å². The Morgan fingerprint density at radius 1 is 0.976 bits per heavy atom. The van der Waals surface area contributed by atoms with Crippen molar-refractivity contribution in [3.8, 4) is 0 Å². The number of carbonyl (C=O) groups is 2. The minimum atomic E-state index is -4.87. The number of alkyl halides is 3. The van der Waals surface area contributed by atoms with Crippen molar-refractivity contribution >= 4 is 39.1 Å². The molecule has 220 valence electrons. The molecule has 1 N–H and O–H groups in total. The van der Waals surface area contributed by atoms with Crippen molar-refractivity contribution in [1.29, 1.82) is 0 Å². The Morgan fingerprint density at radius 2 is 1.61 bits per heavy atom. The van der Waals surface area contributed by atoms with E-state index in [4.69, 9.17) is 11.6 Å². The maximum atomic E-state index is 13.9. The molecule has 0 saturated carbocycles. The van der Waals surface area contributed by atoms with Gasteiger partial charge in [-0.2, -0.15) is 13.2 Å². The first-order valence-corrected chi connectivity index (χ1v) is 14.7. The molecule has 2 amide bonds. The van der Waals surface area contributed by atoms with Crippen LogP contribution in [0, 0.1) is 6.92 Å². The van der Waals surface area contributed by atoms with Crippen molar-refractivity contribution in [1.82, 2.24) is 10.2 Å². The molecule has 12 heteroatoms. The Hall–Kier alpha value is -3.57. The standard InChI is InChI=1S/C29H31ClF3N3O4S/c1-4-26(28(38)34-5-2)35(18-21-13-11-20(3)12-14-21)27(37)19-36(41(39,40)23-9-7-6-8-10-23)22-15-16-25(30)24(17-22)29(31,32)33/h6-17,26H,4-5,18-19H2,1-3H3,(H,34,38)/t26-/m1/s1. The summed E-state index contributed by atoms with van der Waals surface area (Å²) in [5.41, 5.74) is 0.0173. The molecule has 3 rings (SSSR count). The number of sulfonamides is 1. The third-order valence-corrected chi connectivity index (χ3v) is 8.48. The summed E-state index contributed by atoms with van der Waals surface area (Å²) < 4.78 is 69.3. The Balaban J connectivity index is 2.13.